The van der Waals surface area contributed by atoms with Crippen molar-refractivity contribution in [2.45, 2.75) is 32.2 Å². The number of esters is 1. The minimum atomic E-state index is -1.12. The Bertz CT molecular complexity index is 2630. The number of carboxylic acid groups (broad SMARTS) is 1. The van der Waals surface area contributed by atoms with Crippen molar-refractivity contribution < 1.29 is 38.6 Å². The average molecular weight is 841 g/mol. The molecule has 14 nitrogen and oxygen atoms in total. The van der Waals surface area contributed by atoms with Gasteiger partial charge in [-0.05, 0) is 59.5 Å². The summed E-state index contributed by atoms with van der Waals surface area (Å²) < 4.78 is 5.56. The number of nitrogens with zero attached hydrogens (tertiary/aromatic N) is 1. The number of alkyl halides is 1. The summed E-state index contributed by atoms with van der Waals surface area (Å²) in [7, 11) is 2.60. The summed E-state index contributed by atoms with van der Waals surface area (Å²) in [6, 6.07) is 22.2. The number of carbonyl (C=O) groups excluding carboxylic acids is 5. The summed E-state index contributed by atoms with van der Waals surface area (Å²) >= 11 is 6.43. The molecule has 17 heteroatoms. The zero-order chi connectivity index (χ0) is 41.1. The van der Waals surface area contributed by atoms with Crippen molar-refractivity contribution in [1.82, 2.24) is 15.3 Å². The van der Waals surface area contributed by atoms with Crippen LogP contribution in [0.5, 0.6) is 5.75 Å². The lowest BCUT2D eigenvalue weighted by atomic mass is 9.95. The Morgan fingerprint density at radius 1 is 0.862 bits per heavy atom. The van der Waals surface area contributed by atoms with E-state index in [-0.39, 0.29) is 35.8 Å². The number of aromatic amines is 2. The number of amides is 4. The third-order valence-corrected chi connectivity index (χ3v) is 12.3. The van der Waals surface area contributed by atoms with E-state index in [1.165, 1.54) is 35.4 Å². The molecule has 1 unspecified atom stereocenters. The van der Waals surface area contributed by atoms with Crippen LogP contribution in [0.4, 0.5) is 17.1 Å². The molecular formula is C41H37ClN6O8S2. The van der Waals surface area contributed by atoms with Crippen LogP contribution in [0.25, 0.3) is 32.6 Å². The summed E-state index contributed by atoms with van der Waals surface area (Å²) in [5.41, 5.74) is 4.65. The lowest BCUT2D eigenvalue weighted by molar-refractivity contribution is -0.140. The fourth-order valence-corrected chi connectivity index (χ4v) is 9.32. The van der Waals surface area contributed by atoms with Crippen molar-refractivity contribution >= 4 is 118 Å². The number of nitrogens with one attached hydrogen (secondary N) is 5. The summed E-state index contributed by atoms with van der Waals surface area (Å²) in [5, 5.41) is 20.4. The first-order valence-corrected chi connectivity index (χ1v) is 21.1. The maximum Gasteiger partial charge on any atom is 0.327 e. The number of hydrogen-bond acceptors (Lipinski definition) is 9. The van der Waals surface area contributed by atoms with E-state index in [1.54, 1.807) is 59.5 Å². The molecule has 2 aromatic heterocycles. The molecule has 4 amide bonds. The topological polar surface area (TPSA) is 203 Å². The molecule has 2 atom stereocenters. The predicted molar refractivity (Wildman–Crippen MR) is 228 cm³/mol. The van der Waals surface area contributed by atoms with E-state index in [4.69, 9.17) is 16.3 Å². The molecule has 3 heterocycles. The Morgan fingerprint density at radius 3 is 2.17 bits per heavy atom. The maximum absolute atomic E-state index is 14.1. The maximum atomic E-state index is 14.1. The highest BCUT2D eigenvalue weighted by Crippen LogP contribution is 2.46. The fraction of sp³-hybridized carbons (Fsp3) is 0.220. The quantitative estimate of drug-likeness (QED) is 0.0213. The fourth-order valence-electron chi connectivity index (χ4n) is 6.93. The van der Waals surface area contributed by atoms with Gasteiger partial charge in [0.2, 0.25) is 11.8 Å². The predicted octanol–water partition coefficient (Wildman–Crippen LogP) is 7.26. The Morgan fingerprint density at radius 2 is 1.52 bits per heavy atom. The summed E-state index contributed by atoms with van der Waals surface area (Å²) in [5.74, 6) is -1.79. The van der Waals surface area contributed by atoms with Gasteiger partial charge in [-0.2, -0.15) is 0 Å². The largest absolute Gasteiger partial charge is 0.480 e. The number of carboxylic acids is 1. The lowest BCUT2D eigenvalue weighted by Gasteiger charge is -2.18. The molecule has 1 aliphatic rings. The molecule has 298 valence electrons. The zero-order valence-electron chi connectivity index (χ0n) is 31.1. The van der Waals surface area contributed by atoms with Crippen LogP contribution in [0.1, 0.15) is 52.7 Å². The molecule has 6 aromatic rings. The molecule has 1 aliphatic heterocycles. The molecule has 0 spiro atoms. The smallest absolute Gasteiger partial charge is 0.327 e. The molecule has 0 saturated carbocycles. The number of aromatic nitrogens is 2. The Kier molecular flexibility index (Phi) is 12.0. The molecule has 0 aliphatic carbocycles. The number of halogens is 1. The first-order valence-electron chi connectivity index (χ1n) is 18.1. The van der Waals surface area contributed by atoms with Gasteiger partial charge >= 0.3 is 11.9 Å². The highest BCUT2D eigenvalue weighted by Gasteiger charge is 2.36. The number of benzene rings is 4. The average Bonchev–Trinajstić information content (AvgIpc) is 3.92. The van der Waals surface area contributed by atoms with Gasteiger partial charge in [0, 0.05) is 94.7 Å². The molecule has 58 heavy (non-hydrogen) atoms. The second-order valence-corrected chi connectivity index (χ2v) is 16.6. The van der Waals surface area contributed by atoms with Gasteiger partial charge in [0.25, 0.3) is 11.8 Å². The van der Waals surface area contributed by atoms with Crippen LogP contribution in [-0.2, 0) is 19.2 Å². The number of ether oxygens (including phenoxy) is 1. The summed E-state index contributed by atoms with van der Waals surface area (Å²) in [6.45, 7) is 2.94. The normalized spacial score (nSPS) is 14.0. The van der Waals surface area contributed by atoms with Crippen LogP contribution in [0.2, 0.25) is 0 Å². The van der Waals surface area contributed by atoms with Crippen molar-refractivity contribution in [3.05, 3.63) is 95.8 Å². The van der Waals surface area contributed by atoms with E-state index in [0.29, 0.717) is 74.2 Å². The molecule has 4 aromatic carbocycles. The third-order valence-electron chi connectivity index (χ3n) is 9.48. The van der Waals surface area contributed by atoms with Crippen LogP contribution in [0, 0.1) is 0 Å². The molecule has 7 rings (SSSR count). The monoisotopic (exact) mass is 840 g/mol. The van der Waals surface area contributed by atoms with Crippen molar-refractivity contribution in [3.8, 4) is 5.75 Å². The summed E-state index contributed by atoms with van der Waals surface area (Å²) in [4.78, 5) is 82.4. The number of fused-ring (bicyclic) bond motifs is 5. The van der Waals surface area contributed by atoms with Gasteiger partial charge in [-0.15, -0.1) is 11.6 Å². The van der Waals surface area contributed by atoms with Gasteiger partial charge in [0.15, 0.2) is 0 Å². The van der Waals surface area contributed by atoms with Crippen molar-refractivity contribution in [2.75, 3.05) is 39.5 Å². The van der Waals surface area contributed by atoms with Crippen LogP contribution >= 0.6 is 33.2 Å². The number of hydrogen-bond donors (Lipinski definition) is 6. The Hall–Kier alpha value is -5.97. The van der Waals surface area contributed by atoms with Crippen molar-refractivity contribution in [1.29, 1.82) is 0 Å². The van der Waals surface area contributed by atoms with E-state index in [2.05, 4.69) is 25.9 Å². The molecule has 6 N–H and O–H groups in total. The van der Waals surface area contributed by atoms with Gasteiger partial charge in [-0.3, -0.25) is 24.0 Å². The molecule has 0 fully saturated rings. The lowest BCUT2D eigenvalue weighted by Crippen LogP contribution is -2.41. The first-order chi connectivity index (χ1) is 27.9. The highest BCUT2D eigenvalue weighted by atomic mass is 35.5. The van der Waals surface area contributed by atoms with Crippen LogP contribution in [-0.4, -0.2) is 80.6 Å². The van der Waals surface area contributed by atoms with Gasteiger partial charge in [-0.25, -0.2) is 4.79 Å². The second-order valence-electron chi connectivity index (χ2n) is 13.6. The SMILES string of the molecule is CC(=O)N[C@@H](CSSCCC(=O)Nc1ccc2[nH]c(C(=O)Nc3ccc4[nH]c(C(=O)N5CC(CCl)c6c5cc(OC(C)=O)c5ccccc65)cc4c3)cc2c1)C(=O)O. The third kappa shape index (κ3) is 8.78. The molecule has 0 saturated heterocycles. The van der Waals surface area contributed by atoms with Crippen LogP contribution in [0.3, 0.4) is 0 Å². The van der Waals surface area contributed by atoms with E-state index in [1.807, 2.05) is 24.3 Å². The van der Waals surface area contributed by atoms with E-state index in [9.17, 15) is 33.9 Å². The van der Waals surface area contributed by atoms with Crippen molar-refractivity contribution in [3.63, 3.8) is 0 Å². The van der Waals surface area contributed by atoms with Gasteiger partial charge in [0.05, 0.1) is 5.69 Å². The van der Waals surface area contributed by atoms with Crippen LogP contribution < -0.4 is 25.6 Å². The van der Waals surface area contributed by atoms with Gasteiger partial charge < -0.3 is 40.7 Å². The zero-order valence-corrected chi connectivity index (χ0v) is 33.5. The molecule has 0 bridgehead atoms. The second kappa shape index (κ2) is 17.3. The first kappa shape index (κ1) is 40.2. The Labute approximate surface area is 344 Å². The Balaban J connectivity index is 0.992. The minimum absolute atomic E-state index is 0.135. The molecule has 0 radical (unpaired) electrons. The number of rotatable bonds is 14. The van der Waals surface area contributed by atoms with E-state index < -0.39 is 23.9 Å². The number of carbonyl (C=O) groups is 6. The van der Waals surface area contributed by atoms with Gasteiger partial charge in [-0.1, -0.05) is 45.9 Å². The van der Waals surface area contributed by atoms with Crippen molar-refractivity contribution in [2.24, 2.45) is 0 Å². The summed E-state index contributed by atoms with van der Waals surface area (Å²) in [6.07, 6.45) is 0.187. The van der Waals surface area contributed by atoms with E-state index >= 15 is 0 Å². The number of aliphatic carboxylic acids is 1. The standard InChI is InChI=1S/C41H37ClN6O8S2/c1-21(49)43-34(41(54)55)20-58-57-12-11-37(51)44-26-7-9-30-23(13-26)15-32(46-30)39(52)45-27-8-10-31-24(14-27)16-33(47-31)40(53)48-19-25(18-42)38-29-6-4-3-5-28(29)36(17-35(38)48)56-22(2)50/h3-10,13-17,25,34,46-47H,11-12,18-20H2,1-2H3,(H,43,49)(H,44,51)(H,45,52)(H,54,55)/t25?,34-/m0/s1. The minimum Gasteiger partial charge on any atom is -0.480 e. The van der Waals surface area contributed by atoms with E-state index in [0.717, 1.165) is 16.3 Å². The number of H-pyrrole nitrogens is 2. The number of anilines is 3. The molecular weight excluding hydrogens is 804 g/mol. The highest BCUT2D eigenvalue weighted by molar-refractivity contribution is 8.76. The van der Waals surface area contributed by atoms with Crippen LogP contribution in [0.15, 0.2) is 78.9 Å². The van der Waals surface area contributed by atoms with Gasteiger partial charge in [0.1, 0.15) is 23.2 Å².